The minimum atomic E-state index is -0.483. The Balaban J connectivity index is 1.61. The molecule has 4 heteroatoms. The number of ether oxygens (including phenoxy) is 1. The third-order valence-electron chi connectivity index (χ3n) is 3.63. The monoisotopic (exact) mass is 279 g/mol. The van der Waals surface area contributed by atoms with Crippen molar-refractivity contribution in [1.29, 1.82) is 0 Å². The highest BCUT2D eigenvalue weighted by molar-refractivity contribution is 5.94. The summed E-state index contributed by atoms with van der Waals surface area (Å²) in [6.45, 7) is 1.17. The quantitative estimate of drug-likeness (QED) is 0.811. The van der Waals surface area contributed by atoms with Gasteiger partial charge in [0.25, 0.3) is 5.91 Å². The molecule has 1 amide bonds. The lowest BCUT2D eigenvalue weighted by molar-refractivity contribution is 0.0273. The molecule has 1 fully saturated rings. The van der Waals surface area contributed by atoms with Crippen LogP contribution in [0.3, 0.4) is 0 Å². The fraction of sp³-hybridized carbons (Fsp3) is 0.562. The first-order chi connectivity index (χ1) is 9.77. The molecule has 1 aromatic rings. The van der Waals surface area contributed by atoms with Crippen molar-refractivity contribution < 1.29 is 13.9 Å². The number of benzene rings is 1. The molecule has 0 aromatic heterocycles. The first-order valence-corrected chi connectivity index (χ1v) is 7.41. The standard InChI is InChI=1S/C16H22FNO2/c17-15-10-5-4-9-14(15)16(19)18-11-6-12-20-13-7-2-1-3-8-13/h4-5,9-10,13H,1-3,6-8,11-12H2,(H,18,19). The van der Waals surface area contributed by atoms with Gasteiger partial charge in [0.05, 0.1) is 11.7 Å². The Morgan fingerprint density at radius 1 is 1.25 bits per heavy atom. The van der Waals surface area contributed by atoms with Crippen LogP contribution in [0.2, 0.25) is 0 Å². The normalized spacial score (nSPS) is 16.1. The Bertz CT molecular complexity index is 430. The summed E-state index contributed by atoms with van der Waals surface area (Å²) in [4.78, 5) is 11.7. The van der Waals surface area contributed by atoms with Gasteiger partial charge < -0.3 is 10.1 Å². The summed E-state index contributed by atoms with van der Waals surface area (Å²) in [5.41, 5.74) is 0.0979. The average molecular weight is 279 g/mol. The van der Waals surface area contributed by atoms with Crippen LogP contribution in [0.15, 0.2) is 24.3 Å². The first-order valence-electron chi connectivity index (χ1n) is 7.41. The number of rotatable bonds is 6. The van der Waals surface area contributed by atoms with E-state index in [0.717, 1.165) is 19.3 Å². The number of carbonyl (C=O) groups excluding carboxylic acids is 1. The summed E-state index contributed by atoms with van der Waals surface area (Å²) >= 11 is 0. The molecule has 0 radical (unpaired) electrons. The molecular weight excluding hydrogens is 257 g/mol. The maximum atomic E-state index is 13.4. The average Bonchev–Trinajstić information content (AvgIpc) is 2.48. The van der Waals surface area contributed by atoms with Gasteiger partial charge in [-0.3, -0.25) is 4.79 Å². The van der Waals surface area contributed by atoms with Crippen LogP contribution in [0.25, 0.3) is 0 Å². The summed E-state index contributed by atoms with van der Waals surface area (Å²) in [7, 11) is 0. The summed E-state index contributed by atoms with van der Waals surface area (Å²) in [5.74, 6) is -0.843. The Kier molecular flexibility index (Phi) is 5.99. The number of halogens is 1. The second-order valence-corrected chi connectivity index (χ2v) is 5.22. The lowest BCUT2D eigenvalue weighted by Gasteiger charge is -2.21. The van der Waals surface area contributed by atoms with Crippen LogP contribution in [0.5, 0.6) is 0 Å². The van der Waals surface area contributed by atoms with Crippen molar-refractivity contribution in [3.05, 3.63) is 35.6 Å². The van der Waals surface area contributed by atoms with Gasteiger partial charge in [-0.15, -0.1) is 0 Å². The van der Waals surface area contributed by atoms with Crippen LogP contribution in [0, 0.1) is 5.82 Å². The second kappa shape index (κ2) is 8.00. The number of hydrogen-bond acceptors (Lipinski definition) is 2. The van der Waals surface area contributed by atoms with Crippen molar-refractivity contribution in [2.75, 3.05) is 13.2 Å². The van der Waals surface area contributed by atoms with Gasteiger partial charge in [0.15, 0.2) is 0 Å². The van der Waals surface area contributed by atoms with Gasteiger partial charge in [0.2, 0.25) is 0 Å². The predicted molar refractivity (Wildman–Crippen MR) is 76.2 cm³/mol. The highest BCUT2D eigenvalue weighted by Gasteiger charge is 2.13. The summed E-state index contributed by atoms with van der Waals surface area (Å²) < 4.78 is 19.1. The molecule has 1 aromatic carbocycles. The summed E-state index contributed by atoms with van der Waals surface area (Å²) in [6, 6.07) is 6.01. The van der Waals surface area contributed by atoms with Gasteiger partial charge in [-0.25, -0.2) is 4.39 Å². The van der Waals surface area contributed by atoms with E-state index in [0.29, 0.717) is 19.3 Å². The molecule has 1 aliphatic rings. The highest BCUT2D eigenvalue weighted by atomic mass is 19.1. The molecule has 0 bridgehead atoms. The number of carbonyl (C=O) groups is 1. The van der Waals surface area contributed by atoms with E-state index in [1.165, 1.54) is 31.4 Å². The molecule has 20 heavy (non-hydrogen) atoms. The summed E-state index contributed by atoms with van der Waals surface area (Å²) in [5, 5.41) is 2.72. The fourth-order valence-electron chi connectivity index (χ4n) is 2.50. The van der Waals surface area contributed by atoms with Gasteiger partial charge >= 0.3 is 0 Å². The molecule has 110 valence electrons. The Hall–Kier alpha value is -1.42. The van der Waals surface area contributed by atoms with Crippen molar-refractivity contribution >= 4 is 5.91 Å². The lowest BCUT2D eigenvalue weighted by Crippen LogP contribution is -2.27. The van der Waals surface area contributed by atoms with E-state index in [4.69, 9.17) is 4.74 Å². The molecule has 0 unspecified atom stereocenters. The van der Waals surface area contributed by atoms with E-state index in [1.54, 1.807) is 12.1 Å². The minimum absolute atomic E-state index is 0.0979. The molecule has 0 heterocycles. The smallest absolute Gasteiger partial charge is 0.254 e. The molecule has 2 rings (SSSR count). The molecule has 0 spiro atoms. The Labute approximate surface area is 119 Å². The third kappa shape index (κ3) is 4.60. The minimum Gasteiger partial charge on any atom is -0.378 e. The molecule has 0 saturated heterocycles. The maximum absolute atomic E-state index is 13.4. The predicted octanol–water partition coefficient (Wildman–Crippen LogP) is 3.29. The number of nitrogens with one attached hydrogen (secondary N) is 1. The molecule has 0 atom stereocenters. The maximum Gasteiger partial charge on any atom is 0.254 e. The first kappa shape index (κ1) is 15.0. The van der Waals surface area contributed by atoms with Crippen LogP contribution in [-0.2, 0) is 4.74 Å². The number of amides is 1. The van der Waals surface area contributed by atoms with Crippen LogP contribution >= 0.6 is 0 Å². The zero-order chi connectivity index (χ0) is 14.2. The van der Waals surface area contributed by atoms with Crippen LogP contribution in [-0.4, -0.2) is 25.2 Å². The van der Waals surface area contributed by atoms with Crippen molar-refractivity contribution in [3.8, 4) is 0 Å². The fourth-order valence-corrected chi connectivity index (χ4v) is 2.50. The van der Waals surface area contributed by atoms with E-state index in [1.807, 2.05) is 0 Å². The van der Waals surface area contributed by atoms with Gasteiger partial charge in [-0.2, -0.15) is 0 Å². The topological polar surface area (TPSA) is 38.3 Å². The van der Waals surface area contributed by atoms with Crippen LogP contribution < -0.4 is 5.32 Å². The zero-order valence-electron chi connectivity index (χ0n) is 11.7. The third-order valence-corrected chi connectivity index (χ3v) is 3.63. The van der Waals surface area contributed by atoms with E-state index >= 15 is 0 Å². The largest absolute Gasteiger partial charge is 0.378 e. The van der Waals surface area contributed by atoms with Crippen LogP contribution in [0.4, 0.5) is 4.39 Å². The molecule has 1 aliphatic carbocycles. The van der Waals surface area contributed by atoms with Crippen molar-refractivity contribution in [2.24, 2.45) is 0 Å². The van der Waals surface area contributed by atoms with Crippen molar-refractivity contribution in [3.63, 3.8) is 0 Å². The van der Waals surface area contributed by atoms with Gasteiger partial charge in [-0.1, -0.05) is 31.4 Å². The zero-order valence-corrected chi connectivity index (χ0v) is 11.7. The van der Waals surface area contributed by atoms with Crippen molar-refractivity contribution in [2.45, 2.75) is 44.6 Å². The number of hydrogen-bond donors (Lipinski definition) is 1. The Morgan fingerprint density at radius 2 is 2.00 bits per heavy atom. The van der Waals surface area contributed by atoms with Crippen LogP contribution in [0.1, 0.15) is 48.9 Å². The van der Waals surface area contributed by atoms with E-state index in [2.05, 4.69) is 5.32 Å². The summed E-state index contributed by atoms with van der Waals surface area (Å²) in [6.07, 6.45) is 7.30. The lowest BCUT2D eigenvalue weighted by atomic mass is 9.98. The molecule has 1 N–H and O–H groups in total. The molecular formula is C16H22FNO2. The van der Waals surface area contributed by atoms with E-state index in [9.17, 15) is 9.18 Å². The molecule has 1 saturated carbocycles. The van der Waals surface area contributed by atoms with E-state index < -0.39 is 5.82 Å². The molecule has 3 nitrogen and oxygen atoms in total. The van der Waals surface area contributed by atoms with E-state index in [-0.39, 0.29) is 11.5 Å². The van der Waals surface area contributed by atoms with Gasteiger partial charge in [0, 0.05) is 13.2 Å². The SMILES string of the molecule is O=C(NCCCOC1CCCCC1)c1ccccc1F. The van der Waals surface area contributed by atoms with Gasteiger partial charge in [-0.05, 0) is 31.4 Å². The molecule has 0 aliphatic heterocycles. The van der Waals surface area contributed by atoms with Crippen molar-refractivity contribution in [1.82, 2.24) is 5.32 Å². The Morgan fingerprint density at radius 3 is 2.75 bits per heavy atom. The van der Waals surface area contributed by atoms with Gasteiger partial charge in [0.1, 0.15) is 5.82 Å². The highest BCUT2D eigenvalue weighted by Crippen LogP contribution is 2.20. The second-order valence-electron chi connectivity index (χ2n) is 5.22.